The van der Waals surface area contributed by atoms with Crippen LogP contribution < -0.4 is 0 Å². The highest BCUT2D eigenvalue weighted by Gasteiger charge is 2.37. The van der Waals surface area contributed by atoms with E-state index in [2.05, 4.69) is 0 Å². The van der Waals surface area contributed by atoms with E-state index in [1.54, 1.807) is 19.9 Å². The number of hydrogen-bond acceptors (Lipinski definition) is 2. The molecule has 0 spiro atoms. The van der Waals surface area contributed by atoms with Crippen molar-refractivity contribution in [1.29, 1.82) is 0 Å². The van der Waals surface area contributed by atoms with Gasteiger partial charge in [-0.3, -0.25) is 9.59 Å². The summed E-state index contributed by atoms with van der Waals surface area (Å²) >= 11 is 0. The summed E-state index contributed by atoms with van der Waals surface area (Å²) in [5.41, 5.74) is 0.703. The molecule has 0 radical (unpaired) electrons. The molecule has 1 rings (SSSR count). The second kappa shape index (κ2) is 4.82. The Labute approximate surface area is 103 Å². The van der Waals surface area contributed by atoms with Gasteiger partial charge in [-0.15, -0.1) is 0 Å². The average molecular weight is 232 g/mol. The van der Waals surface area contributed by atoms with Crippen LogP contribution in [-0.2, 0) is 4.79 Å². The SMILES string of the molecule is Cc1cccc(C(=O)C(C)(C)C(=O)C(C)C)c1. The largest absolute Gasteiger partial charge is 0.298 e. The van der Waals surface area contributed by atoms with Gasteiger partial charge in [-0.1, -0.05) is 37.6 Å². The van der Waals surface area contributed by atoms with Gasteiger partial charge >= 0.3 is 0 Å². The van der Waals surface area contributed by atoms with Crippen molar-refractivity contribution in [2.24, 2.45) is 11.3 Å². The Kier molecular flexibility index (Phi) is 3.87. The molecule has 1 aromatic rings. The fraction of sp³-hybridized carbons (Fsp3) is 0.467. The molecule has 92 valence electrons. The Morgan fingerprint density at radius 2 is 1.76 bits per heavy atom. The number of hydrogen-bond donors (Lipinski definition) is 0. The van der Waals surface area contributed by atoms with Crippen LogP contribution in [0.25, 0.3) is 0 Å². The van der Waals surface area contributed by atoms with E-state index in [1.807, 2.05) is 39.0 Å². The number of rotatable bonds is 4. The third kappa shape index (κ3) is 2.82. The van der Waals surface area contributed by atoms with Crippen LogP contribution in [0.2, 0.25) is 0 Å². The van der Waals surface area contributed by atoms with Crippen molar-refractivity contribution < 1.29 is 9.59 Å². The van der Waals surface area contributed by atoms with Crippen molar-refractivity contribution >= 4 is 11.6 Å². The van der Waals surface area contributed by atoms with Crippen LogP contribution >= 0.6 is 0 Å². The second-order valence-corrected chi connectivity index (χ2v) is 5.34. The molecular weight excluding hydrogens is 212 g/mol. The van der Waals surface area contributed by atoms with Crippen molar-refractivity contribution in [3.05, 3.63) is 35.4 Å². The first-order valence-electron chi connectivity index (χ1n) is 5.92. The van der Waals surface area contributed by atoms with Crippen molar-refractivity contribution in [3.63, 3.8) is 0 Å². The van der Waals surface area contributed by atoms with Crippen LogP contribution in [-0.4, -0.2) is 11.6 Å². The van der Waals surface area contributed by atoms with Crippen LogP contribution in [0.1, 0.15) is 43.6 Å². The summed E-state index contributed by atoms with van der Waals surface area (Å²) in [5, 5.41) is 0. The maximum atomic E-state index is 12.3. The number of carbonyl (C=O) groups is 2. The number of carbonyl (C=O) groups excluding carboxylic acids is 2. The van der Waals surface area contributed by atoms with Crippen LogP contribution in [0.4, 0.5) is 0 Å². The van der Waals surface area contributed by atoms with Crippen LogP contribution in [0.15, 0.2) is 24.3 Å². The summed E-state index contributed by atoms with van der Waals surface area (Å²) in [7, 11) is 0. The lowest BCUT2D eigenvalue weighted by Crippen LogP contribution is -2.36. The number of aryl methyl sites for hydroxylation is 1. The topological polar surface area (TPSA) is 34.1 Å². The zero-order chi connectivity index (χ0) is 13.2. The predicted molar refractivity (Wildman–Crippen MR) is 69.1 cm³/mol. The van der Waals surface area contributed by atoms with E-state index in [-0.39, 0.29) is 17.5 Å². The van der Waals surface area contributed by atoms with Gasteiger partial charge in [0.2, 0.25) is 0 Å². The molecule has 2 nitrogen and oxygen atoms in total. The molecule has 0 bridgehead atoms. The first kappa shape index (κ1) is 13.6. The minimum Gasteiger partial charge on any atom is -0.298 e. The first-order valence-corrected chi connectivity index (χ1v) is 5.92. The zero-order valence-corrected chi connectivity index (χ0v) is 11.2. The highest BCUT2D eigenvalue weighted by atomic mass is 16.2. The Balaban J connectivity index is 3.08. The standard InChI is InChI=1S/C15H20O2/c1-10(2)13(16)15(4,5)14(17)12-8-6-7-11(3)9-12/h6-10H,1-5H3. The van der Waals surface area contributed by atoms with E-state index in [0.29, 0.717) is 5.56 Å². The summed E-state index contributed by atoms with van der Waals surface area (Å²) in [6, 6.07) is 7.38. The fourth-order valence-corrected chi connectivity index (χ4v) is 1.98. The number of Topliss-reactive ketones (excluding diaryl/α,β-unsaturated/α-hetero) is 2. The van der Waals surface area contributed by atoms with Crippen molar-refractivity contribution in [1.82, 2.24) is 0 Å². The highest BCUT2D eigenvalue weighted by molar-refractivity contribution is 6.14. The minimum absolute atomic E-state index is 0.0102. The molecule has 0 fully saturated rings. The summed E-state index contributed by atoms with van der Waals surface area (Å²) in [6.07, 6.45) is 0. The van der Waals surface area contributed by atoms with Gasteiger partial charge in [0.1, 0.15) is 5.78 Å². The van der Waals surface area contributed by atoms with E-state index in [9.17, 15) is 9.59 Å². The molecule has 0 saturated heterocycles. The van der Waals surface area contributed by atoms with E-state index < -0.39 is 5.41 Å². The fourth-order valence-electron chi connectivity index (χ4n) is 1.98. The van der Waals surface area contributed by atoms with Gasteiger partial charge in [-0.05, 0) is 26.8 Å². The van der Waals surface area contributed by atoms with E-state index >= 15 is 0 Å². The predicted octanol–water partition coefficient (Wildman–Crippen LogP) is 3.43. The highest BCUT2D eigenvalue weighted by Crippen LogP contribution is 2.26. The van der Waals surface area contributed by atoms with Gasteiger partial charge in [0.15, 0.2) is 5.78 Å². The summed E-state index contributed by atoms with van der Waals surface area (Å²) in [6.45, 7) is 9.01. The summed E-state index contributed by atoms with van der Waals surface area (Å²) < 4.78 is 0. The molecule has 0 aliphatic rings. The first-order chi connectivity index (χ1) is 7.76. The molecule has 0 amide bonds. The quantitative estimate of drug-likeness (QED) is 0.588. The lowest BCUT2D eigenvalue weighted by molar-refractivity contribution is -0.127. The maximum absolute atomic E-state index is 12.3. The Hall–Kier alpha value is -1.44. The molecular formula is C15H20O2. The Morgan fingerprint density at radius 1 is 1.18 bits per heavy atom. The van der Waals surface area contributed by atoms with Gasteiger partial charge in [0.05, 0.1) is 5.41 Å². The summed E-state index contributed by atoms with van der Waals surface area (Å²) in [4.78, 5) is 24.4. The molecule has 0 atom stereocenters. The van der Waals surface area contributed by atoms with Crippen molar-refractivity contribution in [2.45, 2.75) is 34.6 Å². The van der Waals surface area contributed by atoms with E-state index in [0.717, 1.165) is 5.56 Å². The summed E-state index contributed by atoms with van der Waals surface area (Å²) in [5.74, 6) is -0.234. The number of benzene rings is 1. The second-order valence-electron chi connectivity index (χ2n) is 5.34. The Bertz CT molecular complexity index is 442. The van der Waals surface area contributed by atoms with Gasteiger partial charge in [0.25, 0.3) is 0 Å². The molecule has 0 aliphatic carbocycles. The third-order valence-corrected chi connectivity index (χ3v) is 2.99. The average Bonchev–Trinajstić information content (AvgIpc) is 2.26. The molecule has 0 aliphatic heterocycles. The van der Waals surface area contributed by atoms with Gasteiger partial charge in [-0.2, -0.15) is 0 Å². The van der Waals surface area contributed by atoms with Gasteiger partial charge in [0, 0.05) is 11.5 Å². The van der Waals surface area contributed by atoms with Gasteiger partial charge < -0.3 is 0 Å². The van der Waals surface area contributed by atoms with E-state index in [4.69, 9.17) is 0 Å². The zero-order valence-electron chi connectivity index (χ0n) is 11.2. The molecule has 2 heteroatoms. The minimum atomic E-state index is -0.942. The van der Waals surface area contributed by atoms with Gasteiger partial charge in [-0.25, -0.2) is 0 Å². The van der Waals surface area contributed by atoms with Crippen molar-refractivity contribution in [3.8, 4) is 0 Å². The molecule has 0 unspecified atom stereocenters. The molecule has 0 N–H and O–H groups in total. The lowest BCUT2D eigenvalue weighted by atomic mass is 9.76. The van der Waals surface area contributed by atoms with Crippen LogP contribution in [0.3, 0.4) is 0 Å². The molecule has 1 aromatic carbocycles. The monoisotopic (exact) mass is 232 g/mol. The van der Waals surface area contributed by atoms with Crippen molar-refractivity contribution in [2.75, 3.05) is 0 Å². The molecule has 0 heterocycles. The lowest BCUT2D eigenvalue weighted by Gasteiger charge is -2.23. The number of ketones is 2. The maximum Gasteiger partial charge on any atom is 0.175 e. The molecule has 0 aromatic heterocycles. The van der Waals surface area contributed by atoms with Crippen LogP contribution in [0, 0.1) is 18.3 Å². The molecule has 0 saturated carbocycles. The third-order valence-electron chi connectivity index (χ3n) is 2.99. The van der Waals surface area contributed by atoms with E-state index in [1.165, 1.54) is 0 Å². The Morgan fingerprint density at radius 3 is 2.24 bits per heavy atom. The van der Waals surface area contributed by atoms with Crippen LogP contribution in [0.5, 0.6) is 0 Å². The normalized spacial score (nSPS) is 11.6. The molecule has 17 heavy (non-hydrogen) atoms. The smallest absolute Gasteiger partial charge is 0.175 e.